The van der Waals surface area contributed by atoms with Gasteiger partial charge in [-0.15, -0.1) is 0 Å². The Morgan fingerprint density at radius 1 is 0.929 bits per heavy atom. The van der Waals surface area contributed by atoms with E-state index in [1.807, 2.05) is 35.2 Å². The van der Waals surface area contributed by atoms with E-state index in [4.69, 9.17) is 9.47 Å². The van der Waals surface area contributed by atoms with Crippen LogP contribution in [0, 0.1) is 5.82 Å². The number of nitrogens with zero attached hydrogens (tertiary/aromatic N) is 2. The maximum absolute atomic E-state index is 13.0. The van der Waals surface area contributed by atoms with Gasteiger partial charge in [-0.3, -0.25) is 9.69 Å². The van der Waals surface area contributed by atoms with Gasteiger partial charge in [0.2, 0.25) is 5.91 Å². The summed E-state index contributed by atoms with van der Waals surface area (Å²) in [6.45, 7) is 4.10. The molecule has 6 heteroatoms. The third-order valence-corrected chi connectivity index (χ3v) is 5.16. The molecule has 0 atom stereocenters. The van der Waals surface area contributed by atoms with Crippen LogP contribution in [0.25, 0.3) is 0 Å². The van der Waals surface area contributed by atoms with Crippen LogP contribution in [0.3, 0.4) is 0 Å². The Hall–Kier alpha value is -2.60. The van der Waals surface area contributed by atoms with Crippen LogP contribution in [-0.4, -0.2) is 62.7 Å². The second kappa shape index (κ2) is 9.55. The number of amides is 1. The lowest BCUT2D eigenvalue weighted by molar-refractivity contribution is -0.132. The Morgan fingerprint density at radius 3 is 2.21 bits per heavy atom. The molecule has 0 radical (unpaired) electrons. The Kier molecular flexibility index (Phi) is 6.87. The fourth-order valence-corrected chi connectivity index (χ4v) is 3.44. The molecule has 28 heavy (non-hydrogen) atoms. The highest BCUT2D eigenvalue weighted by atomic mass is 19.1. The summed E-state index contributed by atoms with van der Waals surface area (Å²) in [5, 5.41) is 0. The van der Waals surface area contributed by atoms with Crippen LogP contribution in [0.2, 0.25) is 0 Å². The van der Waals surface area contributed by atoms with Crippen molar-refractivity contribution in [1.29, 1.82) is 0 Å². The summed E-state index contributed by atoms with van der Waals surface area (Å²) in [5.41, 5.74) is 2.05. The zero-order chi connectivity index (χ0) is 19.9. The molecular weight excluding hydrogens is 359 g/mol. The van der Waals surface area contributed by atoms with Gasteiger partial charge in [-0.05, 0) is 41.8 Å². The van der Waals surface area contributed by atoms with Gasteiger partial charge in [0, 0.05) is 32.7 Å². The third kappa shape index (κ3) is 5.23. The number of rotatable bonds is 7. The molecule has 0 N–H and O–H groups in total. The standard InChI is InChI=1S/C22H27FN2O3/c1-27-20-8-5-18(15-21(20)28-2)16-22(26)25-13-11-24(12-14-25)10-9-17-3-6-19(23)7-4-17/h3-8,15H,9-14,16H2,1-2H3. The van der Waals surface area contributed by atoms with Crippen LogP contribution in [-0.2, 0) is 17.6 Å². The Morgan fingerprint density at radius 2 is 1.57 bits per heavy atom. The molecule has 0 aliphatic carbocycles. The van der Waals surface area contributed by atoms with Crippen molar-refractivity contribution in [3.05, 3.63) is 59.4 Å². The Bertz CT molecular complexity index is 787. The smallest absolute Gasteiger partial charge is 0.227 e. The van der Waals surface area contributed by atoms with Crippen LogP contribution in [0.15, 0.2) is 42.5 Å². The number of ether oxygens (including phenoxy) is 2. The van der Waals surface area contributed by atoms with Crippen molar-refractivity contribution in [1.82, 2.24) is 9.80 Å². The van der Waals surface area contributed by atoms with E-state index in [2.05, 4.69) is 4.90 Å². The van der Waals surface area contributed by atoms with Gasteiger partial charge in [0.25, 0.3) is 0 Å². The van der Waals surface area contributed by atoms with Gasteiger partial charge in [0.15, 0.2) is 11.5 Å². The molecular formula is C22H27FN2O3. The van der Waals surface area contributed by atoms with E-state index in [-0.39, 0.29) is 11.7 Å². The van der Waals surface area contributed by atoms with E-state index in [1.165, 1.54) is 12.1 Å². The third-order valence-electron chi connectivity index (χ3n) is 5.16. The lowest BCUT2D eigenvalue weighted by Crippen LogP contribution is -2.49. The molecule has 0 aromatic heterocycles. The summed E-state index contributed by atoms with van der Waals surface area (Å²) in [6.07, 6.45) is 1.25. The first-order chi connectivity index (χ1) is 13.6. The summed E-state index contributed by atoms with van der Waals surface area (Å²) in [4.78, 5) is 16.9. The van der Waals surface area contributed by atoms with Gasteiger partial charge < -0.3 is 14.4 Å². The minimum Gasteiger partial charge on any atom is -0.493 e. The molecule has 2 aromatic carbocycles. The number of carbonyl (C=O) groups excluding carboxylic acids is 1. The lowest BCUT2D eigenvalue weighted by atomic mass is 10.1. The maximum Gasteiger partial charge on any atom is 0.227 e. The minimum atomic E-state index is -0.203. The molecule has 150 valence electrons. The van der Waals surface area contributed by atoms with Crippen molar-refractivity contribution < 1.29 is 18.7 Å². The van der Waals surface area contributed by atoms with Gasteiger partial charge in [0.1, 0.15) is 5.82 Å². The zero-order valence-electron chi connectivity index (χ0n) is 16.5. The largest absolute Gasteiger partial charge is 0.493 e. The minimum absolute atomic E-state index is 0.130. The van der Waals surface area contributed by atoms with Gasteiger partial charge in [-0.25, -0.2) is 4.39 Å². The lowest BCUT2D eigenvalue weighted by Gasteiger charge is -2.34. The second-order valence-electron chi connectivity index (χ2n) is 6.97. The molecule has 5 nitrogen and oxygen atoms in total. The molecule has 1 aliphatic heterocycles. The number of benzene rings is 2. The topological polar surface area (TPSA) is 42.0 Å². The first kappa shape index (κ1) is 20.1. The van der Waals surface area contributed by atoms with Crippen LogP contribution >= 0.6 is 0 Å². The molecule has 0 spiro atoms. The average molecular weight is 386 g/mol. The molecule has 0 unspecified atom stereocenters. The average Bonchev–Trinajstić information content (AvgIpc) is 2.73. The van der Waals surface area contributed by atoms with Crippen molar-refractivity contribution in [2.75, 3.05) is 46.9 Å². The number of halogens is 1. The normalized spacial score (nSPS) is 14.8. The molecule has 1 fully saturated rings. The highest BCUT2D eigenvalue weighted by Crippen LogP contribution is 2.27. The highest BCUT2D eigenvalue weighted by molar-refractivity contribution is 5.79. The molecule has 1 amide bonds. The van der Waals surface area contributed by atoms with Gasteiger partial charge in [0.05, 0.1) is 20.6 Å². The number of carbonyl (C=O) groups is 1. The first-order valence-electron chi connectivity index (χ1n) is 9.54. The Labute approximate surface area is 165 Å². The fourth-order valence-electron chi connectivity index (χ4n) is 3.44. The van der Waals surface area contributed by atoms with Crippen molar-refractivity contribution >= 4 is 5.91 Å². The van der Waals surface area contributed by atoms with Crippen molar-refractivity contribution in [3.63, 3.8) is 0 Å². The van der Waals surface area contributed by atoms with E-state index in [1.54, 1.807) is 14.2 Å². The van der Waals surface area contributed by atoms with E-state index in [9.17, 15) is 9.18 Å². The van der Waals surface area contributed by atoms with Crippen molar-refractivity contribution in [2.24, 2.45) is 0 Å². The van der Waals surface area contributed by atoms with Crippen LogP contribution in [0.1, 0.15) is 11.1 Å². The molecule has 1 heterocycles. The van der Waals surface area contributed by atoms with Crippen LogP contribution < -0.4 is 9.47 Å². The summed E-state index contributed by atoms with van der Waals surface area (Å²) in [5.74, 6) is 1.22. The van der Waals surface area contributed by atoms with Crippen LogP contribution in [0.4, 0.5) is 4.39 Å². The molecule has 3 rings (SSSR count). The quantitative estimate of drug-likeness (QED) is 0.734. The number of methoxy groups -OCH3 is 2. The van der Waals surface area contributed by atoms with Gasteiger partial charge in [-0.1, -0.05) is 18.2 Å². The zero-order valence-corrected chi connectivity index (χ0v) is 16.5. The highest BCUT2D eigenvalue weighted by Gasteiger charge is 2.21. The molecule has 1 aliphatic rings. The van der Waals surface area contributed by atoms with Gasteiger partial charge >= 0.3 is 0 Å². The van der Waals surface area contributed by atoms with Gasteiger partial charge in [-0.2, -0.15) is 0 Å². The molecule has 2 aromatic rings. The molecule has 1 saturated heterocycles. The fraction of sp³-hybridized carbons (Fsp3) is 0.409. The van der Waals surface area contributed by atoms with Crippen molar-refractivity contribution in [2.45, 2.75) is 12.8 Å². The van der Waals surface area contributed by atoms with Crippen LogP contribution in [0.5, 0.6) is 11.5 Å². The molecule has 0 bridgehead atoms. The van der Waals surface area contributed by atoms with E-state index >= 15 is 0 Å². The second-order valence-corrected chi connectivity index (χ2v) is 6.97. The van der Waals surface area contributed by atoms with Crippen molar-refractivity contribution in [3.8, 4) is 11.5 Å². The summed E-state index contributed by atoms with van der Waals surface area (Å²) in [6, 6.07) is 12.2. The predicted octanol–water partition coefficient (Wildman–Crippen LogP) is 2.77. The summed E-state index contributed by atoms with van der Waals surface area (Å²) in [7, 11) is 3.19. The number of piperazine rings is 1. The van der Waals surface area contributed by atoms with E-state index in [0.29, 0.717) is 17.9 Å². The van der Waals surface area contributed by atoms with E-state index < -0.39 is 0 Å². The molecule has 0 saturated carbocycles. The monoisotopic (exact) mass is 386 g/mol. The Balaban J connectivity index is 1.46. The first-order valence-corrected chi connectivity index (χ1v) is 9.54. The predicted molar refractivity (Wildman–Crippen MR) is 106 cm³/mol. The number of hydrogen-bond acceptors (Lipinski definition) is 4. The SMILES string of the molecule is COc1ccc(CC(=O)N2CCN(CCc3ccc(F)cc3)CC2)cc1OC. The van der Waals surface area contributed by atoms with E-state index in [0.717, 1.165) is 50.3 Å². The number of hydrogen-bond donors (Lipinski definition) is 0. The summed E-state index contributed by atoms with van der Waals surface area (Å²) >= 11 is 0. The maximum atomic E-state index is 13.0. The summed E-state index contributed by atoms with van der Waals surface area (Å²) < 4.78 is 23.5.